The summed E-state index contributed by atoms with van der Waals surface area (Å²) in [6.07, 6.45) is -0.129. The molecule has 0 saturated heterocycles. The average Bonchev–Trinajstić information content (AvgIpc) is 2.15. The van der Waals surface area contributed by atoms with Crippen LogP contribution in [-0.2, 0) is 0 Å². The van der Waals surface area contributed by atoms with Crippen molar-refractivity contribution in [3.63, 3.8) is 0 Å². The fourth-order valence-corrected chi connectivity index (χ4v) is 0.866. The molecular formula is C10H13F3N2S. The van der Waals surface area contributed by atoms with Crippen molar-refractivity contribution in [1.82, 2.24) is 5.32 Å². The second-order valence-electron chi connectivity index (χ2n) is 2.90. The third-order valence-corrected chi connectivity index (χ3v) is 1.72. The van der Waals surface area contributed by atoms with Crippen molar-refractivity contribution < 1.29 is 13.2 Å². The monoisotopic (exact) mass is 250 g/mol. The minimum absolute atomic E-state index is 0.00613. The molecule has 0 spiro atoms. The number of rotatable bonds is 5. The molecule has 0 heterocycles. The summed E-state index contributed by atoms with van der Waals surface area (Å²) in [6, 6.07) is 0. The third-order valence-electron chi connectivity index (χ3n) is 1.58. The second-order valence-corrected chi connectivity index (χ2v) is 3.43. The summed E-state index contributed by atoms with van der Waals surface area (Å²) in [7, 11) is 0. The van der Waals surface area contributed by atoms with Crippen molar-refractivity contribution in [1.29, 1.82) is 0 Å². The summed E-state index contributed by atoms with van der Waals surface area (Å²) in [5.74, 6) is 0. The third kappa shape index (κ3) is 5.55. The van der Waals surface area contributed by atoms with Crippen molar-refractivity contribution >= 4 is 17.2 Å². The van der Waals surface area contributed by atoms with Gasteiger partial charge in [-0.3, -0.25) is 0 Å². The molecule has 2 nitrogen and oxygen atoms in total. The Hall–Kier alpha value is -1.30. The molecule has 0 radical (unpaired) electrons. The first-order chi connectivity index (χ1) is 7.29. The molecule has 90 valence electrons. The molecule has 0 bridgehead atoms. The van der Waals surface area contributed by atoms with Crippen LogP contribution >= 0.6 is 12.2 Å². The maximum Gasteiger partial charge on any atom is 0.417 e. The molecule has 16 heavy (non-hydrogen) atoms. The lowest BCUT2D eigenvalue weighted by Gasteiger charge is -2.15. The van der Waals surface area contributed by atoms with Gasteiger partial charge in [0.05, 0.1) is 17.1 Å². The van der Waals surface area contributed by atoms with Crippen LogP contribution in [0.3, 0.4) is 0 Å². The van der Waals surface area contributed by atoms with Crippen LogP contribution in [0.1, 0.15) is 6.92 Å². The number of nitrogens with two attached hydrogens (primary N) is 1. The lowest BCUT2D eigenvalue weighted by molar-refractivity contribution is -0.0894. The number of nitrogens with one attached hydrogen (secondary N) is 1. The topological polar surface area (TPSA) is 38.0 Å². The number of halogens is 3. The van der Waals surface area contributed by atoms with Crippen LogP contribution in [0.2, 0.25) is 0 Å². The van der Waals surface area contributed by atoms with E-state index in [1.807, 2.05) is 0 Å². The SMILES string of the molecule is C=C(/C(=C\C=C/C)NCC(N)=S)C(F)(F)F. The first-order valence-electron chi connectivity index (χ1n) is 4.40. The highest BCUT2D eigenvalue weighted by atomic mass is 32.1. The molecule has 0 saturated carbocycles. The summed E-state index contributed by atoms with van der Waals surface area (Å²) in [5.41, 5.74) is 4.09. The fourth-order valence-electron chi connectivity index (χ4n) is 0.794. The van der Waals surface area contributed by atoms with E-state index in [2.05, 4.69) is 24.1 Å². The molecule has 0 aromatic carbocycles. The molecule has 3 N–H and O–H groups in total. The Kier molecular flexibility index (Phi) is 5.81. The minimum atomic E-state index is -4.48. The van der Waals surface area contributed by atoms with Gasteiger partial charge in [-0.25, -0.2) is 0 Å². The molecule has 0 aliphatic carbocycles. The highest BCUT2D eigenvalue weighted by molar-refractivity contribution is 7.80. The molecule has 0 aromatic rings. The van der Waals surface area contributed by atoms with E-state index in [1.54, 1.807) is 13.0 Å². The van der Waals surface area contributed by atoms with E-state index >= 15 is 0 Å². The first kappa shape index (κ1) is 14.7. The molecular weight excluding hydrogens is 237 g/mol. The first-order valence-corrected chi connectivity index (χ1v) is 4.81. The highest BCUT2D eigenvalue weighted by Crippen LogP contribution is 2.28. The van der Waals surface area contributed by atoms with Crippen LogP contribution in [0, 0.1) is 0 Å². The maximum absolute atomic E-state index is 12.4. The normalized spacial score (nSPS) is 12.9. The lowest BCUT2D eigenvalue weighted by atomic mass is 10.2. The van der Waals surface area contributed by atoms with Crippen LogP contribution in [0.4, 0.5) is 13.2 Å². The van der Waals surface area contributed by atoms with Crippen LogP contribution in [0.25, 0.3) is 0 Å². The predicted octanol–water partition coefficient (Wildman–Crippen LogP) is 2.44. The zero-order valence-electron chi connectivity index (χ0n) is 8.77. The summed E-state index contributed by atoms with van der Waals surface area (Å²) >= 11 is 4.57. The highest BCUT2D eigenvalue weighted by Gasteiger charge is 2.34. The van der Waals surface area contributed by atoms with E-state index < -0.39 is 11.7 Å². The van der Waals surface area contributed by atoms with E-state index in [0.717, 1.165) is 0 Å². The quantitative estimate of drug-likeness (QED) is 0.581. The predicted molar refractivity (Wildman–Crippen MR) is 62.9 cm³/mol. The Morgan fingerprint density at radius 2 is 2.06 bits per heavy atom. The van der Waals surface area contributed by atoms with E-state index in [9.17, 15) is 13.2 Å². The van der Waals surface area contributed by atoms with Crippen molar-refractivity contribution in [3.8, 4) is 0 Å². The van der Waals surface area contributed by atoms with E-state index in [4.69, 9.17) is 5.73 Å². The summed E-state index contributed by atoms with van der Waals surface area (Å²) in [6.45, 7) is 4.67. The van der Waals surface area contributed by atoms with Crippen molar-refractivity contribution in [2.45, 2.75) is 13.1 Å². The standard InChI is InChI=1S/C10H13F3N2S/c1-3-4-5-8(15-6-9(14)16)7(2)10(11,12)13/h3-5,15H,2,6H2,1H3,(H2,14,16)/b4-3-,8-5+. The molecule has 0 aliphatic rings. The van der Waals surface area contributed by atoms with Gasteiger partial charge in [0.15, 0.2) is 0 Å². The van der Waals surface area contributed by atoms with E-state index in [1.165, 1.54) is 12.2 Å². The molecule has 0 aromatic heterocycles. The summed E-state index contributed by atoms with van der Waals surface area (Å²) in [4.78, 5) is 0.0846. The Bertz CT molecular complexity index is 329. The second kappa shape index (κ2) is 6.32. The van der Waals surface area contributed by atoms with E-state index in [-0.39, 0.29) is 17.2 Å². The average molecular weight is 250 g/mol. The molecule has 0 atom stereocenters. The number of alkyl halides is 3. The smallest absolute Gasteiger partial charge is 0.392 e. The summed E-state index contributed by atoms with van der Waals surface area (Å²) < 4.78 is 37.1. The fraction of sp³-hybridized carbons (Fsp3) is 0.300. The molecule has 0 aliphatic heterocycles. The molecule has 0 amide bonds. The van der Waals surface area contributed by atoms with Crippen LogP contribution in [0.15, 0.2) is 36.1 Å². The zero-order valence-corrected chi connectivity index (χ0v) is 9.58. The molecule has 0 rings (SSSR count). The molecule has 0 fully saturated rings. The van der Waals surface area contributed by atoms with Crippen molar-refractivity contribution in [2.24, 2.45) is 5.73 Å². The van der Waals surface area contributed by atoms with Crippen molar-refractivity contribution in [3.05, 3.63) is 36.1 Å². The Labute approximate surface area is 97.7 Å². The van der Waals surface area contributed by atoms with Crippen LogP contribution in [0.5, 0.6) is 0 Å². The minimum Gasteiger partial charge on any atom is -0.392 e. The number of hydrogen-bond donors (Lipinski definition) is 2. The van der Waals surface area contributed by atoms with Gasteiger partial charge in [-0.1, -0.05) is 30.9 Å². The van der Waals surface area contributed by atoms with Gasteiger partial charge in [0, 0.05) is 5.70 Å². The maximum atomic E-state index is 12.4. The van der Waals surface area contributed by atoms with Gasteiger partial charge < -0.3 is 11.1 Å². The Balaban J connectivity index is 4.82. The summed E-state index contributed by atoms with van der Waals surface area (Å²) in [5, 5.41) is 2.48. The number of thiocarbonyl (C=S) groups is 1. The van der Waals surface area contributed by atoms with Gasteiger partial charge in [-0.05, 0) is 13.0 Å². The zero-order chi connectivity index (χ0) is 12.8. The van der Waals surface area contributed by atoms with E-state index in [0.29, 0.717) is 0 Å². The van der Waals surface area contributed by atoms with Gasteiger partial charge in [-0.15, -0.1) is 0 Å². The Morgan fingerprint density at radius 3 is 2.44 bits per heavy atom. The van der Waals surface area contributed by atoms with Gasteiger partial charge >= 0.3 is 6.18 Å². The van der Waals surface area contributed by atoms with Gasteiger partial charge in [0.1, 0.15) is 0 Å². The van der Waals surface area contributed by atoms with Gasteiger partial charge in [-0.2, -0.15) is 13.2 Å². The van der Waals surface area contributed by atoms with Crippen molar-refractivity contribution in [2.75, 3.05) is 6.54 Å². The van der Waals surface area contributed by atoms with Crippen LogP contribution in [-0.4, -0.2) is 17.7 Å². The largest absolute Gasteiger partial charge is 0.417 e. The van der Waals surface area contributed by atoms with Gasteiger partial charge in [0.25, 0.3) is 0 Å². The van der Waals surface area contributed by atoms with Gasteiger partial charge in [0.2, 0.25) is 0 Å². The number of hydrogen-bond acceptors (Lipinski definition) is 2. The molecule has 6 heteroatoms. The molecule has 0 unspecified atom stereocenters. The Morgan fingerprint density at radius 1 is 1.50 bits per heavy atom. The number of allylic oxidation sites excluding steroid dienone is 4. The van der Waals surface area contributed by atoms with Crippen LogP contribution < -0.4 is 11.1 Å². The lowest BCUT2D eigenvalue weighted by Crippen LogP contribution is -2.29.